The molecule has 0 spiro atoms. The molecule has 2 nitrogen and oxygen atoms in total. The summed E-state index contributed by atoms with van der Waals surface area (Å²) in [6.07, 6.45) is 4.89. The third kappa shape index (κ3) is 4.08. The first-order valence-corrected chi connectivity index (χ1v) is 9.67. The number of hydrogen-bond acceptors (Lipinski definition) is 1. The van der Waals surface area contributed by atoms with Crippen molar-refractivity contribution in [1.82, 2.24) is 9.47 Å². The van der Waals surface area contributed by atoms with Crippen LogP contribution in [0, 0.1) is 13.8 Å². The fraction of sp³-hybridized carbons (Fsp3) is 0.333. The second-order valence-electron chi connectivity index (χ2n) is 7.68. The molecule has 0 N–H and O–H groups in total. The Balaban J connectivity index is 1.49. The van der Waals surface area contributed by atoms with Crippen LogP contribution in [-0.4, -0.2) is 15.5 Å². The third-order valence-corrected chi connectivity index (χ3v) is 5.46. The van der Waals surface area contributed by atoms with Crippen molar-refractivity contribution < 1.29 is 0 Å². The summed E-state index contributed by atoms with van der Waals surface area (Å²) in [5.74, 6) is 0. The zero-order valence-electron chi connectivity index (χ0n) is 15.9. The van der Waals surface area contributed by atoms with E-state index >= 15 is 0 Å². The van der Waals surface area contributed by atoms with Crippen LogP contribution >= 0.6 is 0 Å². The van der Waals surface area contributed by atoms with E-state index in [2.05, 4.69) is 90.2 Å². The van der Waals surface area contributed by atoms with Gasteiger partial charge in [-0.3, -0.25) is 4.90 Å². The number of rotatable bonds is 7. The third-order valence-electron chi connectivity index (χ3n) is 5.46. The van der Waals surface area contributed by atoms with Crippen molar-refractivity contribution in [2.75, 3.05) is 0 Å². The Morgan fingerprint density at radius 1 is 0.885 bits per heavy atom. The maximum Gasteiger partial charge on any atom is 0.0473 e. The first kappa shape index (κ1) is 17.1. The predicted octanol–water partition coefficient (Wildman–Crippen LogP) is 5.32. The smallest absolute Gasteiger partial charge is 0.0473 e. The van der Waals surface area contributed by atoms with Crippen molar-refractivity contribution in [3.63, 3.8) is 0 Å². The van der Waals surface area contributed by atoms with Gasteiger partial charge < -0.3 is 4.57 Å². The number of aryl methyl sites for hydroxylation is 2. The topological polar surface area (TPSA) is 8.17 Å². The summed E-state index contributed by atoms with van der Waals surface area (Å²) in [5.41, 5.74) is 6.94. The fourth-order valence-electron chi connectivity index (χ4n) is 3.61. The van der Waals surface area contributed by atoms with Gasteiger partial charge in [-0.05, 0) is 55.5 Å². The molecule has 1 aromatic heterocycles. The van der Waals surface area contributed by atoms with Crippen LogP contribution in [0.2, 0.25) is 0 Å². The minimum absolute atomic E-state index is 0.748. The lowest BCUT2D eigenvalue weighted by Gasteiger charge is -2.24. The monoisotopic (exact) mass is 344 g/mol. The number of nitrogens with zero attached hydrogens (tertiary/aromatic N) is 2. The van der Waals surface area contributed by atoms with Gasteiger partial charge >= 0.3 is 0 Å². The van der Waals surface area contributed by atoms with E-state index < -0.39 is 0 Å². The van der Waals surface area contributed by atoms with E-state index in [-0.39, 0.29) is 0 Å². The molecule has 0 aliphatic heterocycles. The van der Waals surface area contributed by atoms with Gasteiger partial charge in [-0.2, -0.15) is 0 Å². The molecule has 0 radical (unpaired) electrons. The molecule has 0 amide bonds. The van der Waals surface area contributed by atoms with Crippen molar-refractivity contribution in [2.24, 2.45) is 0 Å². The minimum Gasteiger partial charge on any atom is -0.346 e. The summed E-state index contributed by atoms with van der Waals surface area (Å²) >= 11 is 0. The van der Waals surface area contributed by atoms with E-state index in [1.807, 2.05) is 0 Å². The highest BCUT2D eigenvalue weighted by Gasteiger charge is 2.29. The molecule has 4 rings (SSSR count). The Kier molecular flexibility index (Phi) is 4.94. The van der Waals surface area contributed by atoms with E-state index in [4.69, 9.17) is 0 Å². The molecule has 1 saturated carbocycles. The molecule has 2 heteroatoms. The molecular formula is C24H28N2. The molecule has 0 atom stereocenters. The summed E-state index contributed by atoms with van der Waals surface area (Å²) in [5, 5.41) is 0. The molecule has 0 bridgehead atoms. The average molecular weight is 345 g/mol. The van der Waals surface area contributed by atoms with E-state index in [0.29, 0.717) is 0 Å². The summed E-state index contributed by atoms with van der Waals surface area (Å²) in [6.45, 7) is 7.39. The van der Waals surface area contributed by atoms with Gasteiger partial charge in [0.25, 0.3) is 0 Å². The Morgan fingerprint density at radius 3 is 2.38 bits per heavy atom. The van der Waals surface area contributed by atoms with Crippen molar-refractivity contribution in [1.29, 1.82) is 0 Å². The lowest BCUT2D eigenvalue weighted by molar-refractivity contribution is 0.239. The van der Waals surface area contributed by atoms with Gasteiger partial charge in [0.15, 0.2) is 0 Å². The summed E-state index contributed by atoms with van der Waals surface area (Å²) in [7, 11) is 0. The van der Waals surface area contributed by atoms with Crippen LogP contribution in [0.3, 0.4) is 0 Å². The predicted molar refractivity (Wildman–Crippen MR) is 108 cm³/mol. The largest absolute Gasteiger partial charge is 0.346 e. The Bertz CT molecular complexity index is 856. The molecule has 0 unspecified atom stereocenters. The molecular weight excluding hydrogens is 316 g/mol. The van der Waals surface area contributed by atoms with E-state index in [1.54, 1.807) is 0 Å². The number of benzene rings is 2. The van der Waals surface area contributed by atoms with Gasteiger partial charge in [-0.15, -0.1) is 0 Å². The van der Waals surface area contributed by atoms with Gasteiger partial charge in [-0.25, -0.2) is 0 Å². The lowest BCUT2D eigenvalue weighted by atomic mass is 10.1. The molecule has 2 aromatic carbocycles. The highest BCUT2D eigenvalue weighted by atomic mass is 15.2. The standard InChI is InChI=1S/C24H28N2/c1-19-9-11-21(12-10-19)16-25-15-5-8-24(25)18-26(23-13-14-23)17-22-7-4-3-6-20(22)2/h3-12,15,23H,13-14,16-18H2,1-2H3. The van der Waals surface area contributed by atoms with Crippen molar-refractivity contribution >= 4 is 0 Å². The van der Waals surface area contributed by atoms with Crippen LogP contribution < -0.4 is 0 Å². The normalized spacial score (nSPS) is 14.1. The summed E-state index contributed by atoms with van der Waals surface area (Å²) in [6, 6.07) is 22.9. The van der Waals surface area contributed by atoms with Gasteiger partial charge in [0, 0.05) is 37.6 Å². The second-order valence-corrected chi connectivity index (χ2v) is 7.68. The molecule has 3 aromatic rings. The Morgan fingerprint density at radius 2 is 1.65 bits per heavy atom. The van der Waals surface area contributed by atoms with Crippen LogP contribution in [0.1, 0.15) is 40.8 Å². The summed E-state index contributed by atoms with van der Waals surface area (Å²) in [4.78, 5) is 2.66. The summed E-state index contributed by atoms with van der Waals surface area (Å²) < 4.78 is 2.40. The van der Waals surface area contributed by atoms with Crippen LogP contribution in [0.25, 0.3) is 0 Å². The van der Waals surface area contributed by atoms with E-state index in [1.165, 1.54) is 40.8 Å². The molecule has 0 saturated heterocycles. The molecule has 1 aliphatic carbocycles. The highest BCUT2D eigenvalue weighted by Crippen LogP contribution is 2.30. The molecule has 1 heterocycles. The Labute approximate surface area is 157 Å². The van der Waals surface area contributed by atoms with Crippen LogP contribution in [0.5, 0.6) is 0 Å². The van der Waals surface area contributed by atoms with E-state index in [0.717, 1.165) is 25.7 Å². The lowest BCUT2D eigenvalue weighted by Crippen LogP contribution is -2.26. The Hall–Kier alpha value is -2.32. The van der Waals surface area contributed by atoms with Gasteiger partial charge in [0.2, 0.25) is 0 Å². The highest BCUT2D eigenvalue weighted by molar-refractivity contribution is 5.26. The number of aromatic nitrogens is 1. The SMILES string of the molecule is Cc1ccc(Cn2cccc2CN(Cc2ccccc2C)C2CC2)cc1. The first-order chi connectivity index (χ1) is 12.7. The van der Waals surface area contributed by atoms with E-state index in [9.17, 15) is 0 Å². The zero-order chi connectivity index (χ0) is 17.9. The van der Waals surface area contributed by atoms with Gasteiger partial charge in [-0.1, -0.05) is 54.1 Å². The maximum absolute atomic E-state index is 2.66. The number of hydrogen-bond donors (Lipinski definition) is 0. The maximum atomic E-state index is 2.66. The zero-order valence-corrected chi connectivity index (χ0v) is 15.9. The molecule has 1 aliphatic rings. The van der Waals surface area contributed by atoms with Crippen molar-refractivity contribution in [3.8, 4) is 0 Å². The van der Waals surface area contributed by atoms with Crippen LogP contribution in [0.15, 0.2) is 66.9 Å². The van der Waals surface area contributed by atoms with Crippen LogP contribution in [-0.2, 0) is 19.6 Å². The van der Waals surface area contributed by atoms with Crippen molar-refractivity contribution in [3.05, 3.63) is 94.8 Å². The first-order valence-electron chi connectivity index (χ1n) is 9.67. The van der Waals surface area contributed by atoms with Gasteiger partial charge in [0.1, 0.15) is 0 Å². The van der Waals surface area contributed by atoms with Gasteiger partial charge in [0.05, 0.1) is 0 Å². The molecule has 134 valence electrons. The second kappa shape index (κ2) is 7.51. The minimum atomic E-state index is 0.748. The average Bonchev–Trinajstić information content (AvgIpc) is 3.40. The van der Waals surface area contributed by atoms with Crippen LogP contribution in [0.4, 0.5) is 0 Å². The molecule has 1 fully saturated rings. The van der Waals surface area contributed by atoms with Crippen molar-refractivity contribution in [2.45, 2.75) is 52.4 Å². The quantitative estimate of drug-likeness (QED) is 0.563. The molecule has 26 heavy (non-hydrogen) atoms. The fourth-order valence-corrected chi connectivity index (χ4v) is 3.61.